The molecule has 11 nitrogen and oxygen atoms in total. The molecule has 1 aromatic carbocycles. The zero-order valence-electron chi connectivity index (χ0n) is 21.6. The largest absolute Gasteiger partial charge is 0.505 e. The highest BCUT2D eigenvalue weighted by Gasteiger charge is 2.41. The quantitative estimate of drug-likeness (QED) is 0.318. The highest BCUT2D eigenvalue weighted by molar-refractivity contribution is 7.95. The average molecular weight is 573 g/mol. The number of esters is 1. The maximum absolute atomic E-state index is 13.7. The van der Waals surface area contributed by atoms with Crippen molar-refractivity contribution in [3.05, 3.63) is 57.5 Å². The lowest BCUT2D eigenvalue weighted by Gasteiger charge is -2.21. The van der Waals surface area contributed by atoms with Gasteiger partial charge in [0.1, 0.15) is 17.2 Å². The first-order valence-corrected chi connectivity index (χ1v) is 13.1. The number of hydrogen-bond acceptors (Lipinski definition) is 9. The van der Waals surface area contributed by atoms with E-state index in [-0.39, 0.29) is 12.4 Å². The number of halogens is 3. The summed E-state index contributed by atoms with van der Waals surface area (Å²) < 4.78 is 80.9. The summed E-state index contributed by atoms with van der Waals surface area (Å²) in [6, 6.07) is 4.08. The molecule has 3 rings (SSSR count). The summed E-state index contributed by atoms with van der Waals surface area (Å²) in [4.78, 5) is 25.2. The van der Waals surface area contributed by atoms with Crippen molar-refractivity contribution in [3.63, 3.8) is 0 Å². The van der Waals surface area contributed by atoms with Crippen molar-refractivity contribution in [1.82, 2.24) is 10.2 Å². The van der Waals surface area contributed by atoms with Gasteiger partial charge in [0.25, 0.3) is 15.9 Å². The molecule has 2 aromatic rings. The van der Waals surface area contributed by atoms with E-state index >= 15 is 0 Å². The van der Waals surface area contributed by atoms with Crippen LogP contribution in [0.4, 0.5) is 18.9 Å². The maximum Gasteiger partial charge on any atom is 0.417 e. The van der Waals surface area contributed by atoms with Crippen LogP contribution in [0, 0.1) is 6.92 Å². The fourth-order valence-corrected chi connectivity index (χ4v) is 4.90. The molecule has 1 aliphatic heterocycles. The van der Waals surface area contributed by atoms with Crippen LogP contribution in [0.1, 0.15) is 53.8 Å². The molecule has 0 bridgehead atoms. The van der Waals surface area contributed by atoms with E-state index in [1.807, 2.05) is 0 Å². The van der Waals surface area contributed by atoms with Gasteiger partial charge in [-0.15, -0.1) is 4.40 Å². The number of sulfonamides is 1. The van der Waals surface area contributed by atoms with Crippen molar-refractivity contribution >= 4 is 33.4 Å². The molecule has 3 N–H and O–H groups in total. The molecule has 39 heavy (non-hydrogen) atoms. The summed E-state index contributed by atoms with van der Waals surface area (Å²) in [5, 5.41) is 16.2. The Morgan fingerprint density at radius 3 is 2.36 bits per heavy atom. The van der Waals surface area contributed by atoms with E-state index in [1.165, 1.54) is 21.0 Å². The SMILES string of the molecule is CCOC(=O)C1=C(Nc2ccc(C(F)(F)F)c(C(=O)N(C)C)c2O)C(N[C@H](CC)c2ccc(C)o2)=NS1(=O)=O. The second-order valence-electron chi connectivity index (χ2n) is 8.60. The van der Waals surface area contributed by atoms with Crippen LogP contribution in [0.3, 0.4) is 0 Å². The van der Waals surface area contributed by atoms with Crippen LogP contribution in [0.5, 0.6) is 5.75 Å². The van der Waals surface area contributed by atoms with Crippen molar-refractivity contribution in [2.75, 3.05) is 26.0 Å². The predicted octanol–water partition coefficient (Wildman–Crippen LogP) is 3.68. The molecule has 15 heteroatoms. The van der Waals surface area contributed by atoms with E-state index in [1.54, 1.807) is 26.0 Å². The second-order valence-corrected chi connectivity index (χ2v) is 10.1. The van der Waals surface area contributed by atoms with Crippen molar-refractivity contribution < 1.29 is 45.4 Å². The van der Waals surface area contributed by atoms with Gasteiger partial charge in [-0.25, -0.2) is 4.79 Å². The monoisotopic (exact) mass is 572 g/mol. The lowest BCUT2D eigenvalue weighted by molar-refractivity contribution is -0.138. The zero-order valence-corrected chi connectivity index (χ0v) is 22.5. The maximum atomic E-state index is 13.7. The number of furan rings is 1. The molecule has 0 fully saturated rings. The molecule has 0 aliphatic carbocycles. The summed E-state index contributed by atoms with van der Waals surface area (Å²) in [5.41, 5.74) is -3.46. The predicted molar refractivity (Wildman–Crippen MR) is 134 cm³/mol. The van der Waals surface area contributed by atoms with Gasteiger partial charge in [0.05, 0.1) is 29.5 Å². The van der Waals surface area contributed by atoms with E-state index < -0.39 is 67.3 Å². The number of hydrogen-bond donors (Lipinski definition) is 3. The smallest absolute Gasteiger partial charge is 0.417 e. The van der Waals surface area contributed by atoms with Crippen LogP contribution in [0.15, 0.2) is 43.7 Å². The Morgan fingerprint density at radius 1 is 1.18 bits per heavy atom. The first-order valence-electron chi connectivity index (χ1n) is 11.6. The van der Waals surface area contributed by atoms with Gasteiger partial charge < -0.3 is 29.8 Å². The minimum Gasteiger partial charge on any atom is -0.505 e. The van der Waals surface area contributed by atoms with Gasteiger partial charge in [-0.3, -0.25) is 4.79 Å². The number of carbonyl (C=O) groups excluding carboxylic acids is 2. The Bertz CT molecular complexity index is 1460. The number of rotatable bonds is 8. The Balaban J connectivity index is 2.19. The molecule has 0 saturated carbocycles. The highest BCUT2D eigenvalue weighted by atomic mass is 32.2. The minimum absolute atomic E-state index is 0.190. The van der Waals surface area contributed by atoms with E-state index in [4.69, 9.17) is 9.15 Å². The molecule has 0 saturated heterocycles. The number of phenolic OH excluding ortho intramolecular Hbond substituents is 1. The number of alkyl halides is 3. The normalized spacial score (nSPS) is 15.5. The lowest BCUT2D eigenvalue weighted by Crippen LogP contribution is -2.31. The standard InChI is InChI=1S/C24H27F3N4O7S/c1-6-14(16-11-8-12(3)38-16)29-21-18(20(23(34)37-7-2)39(35,36)30-21)28-15-10-9-13(24(25,26)27)17(19(15)32)22(33)31(4)5/h8-11,14,28,32H,6-7H2,1-5H3,(H,29,30)/t14-/m1/s1. The zero-order chi connectivity index (χ0) is 29.3. The molecule has 0 spiro atoms. The van der Waals surface area contributed by atoms with Crippen LogP contribution in [0.25, 0.3) is 0 Å². The van der Waals surface area contributed by atoms with Crippen LogP contribution >= 0.6 is 0 Å². The molecule has 0 unspecified atom stereocenters. The molecular formula is C24H27F3N4O7S. The van der Waals surface area contributed by atoms with Crippen LogP contribution in [-0.4, -0.2) is 56.8 Å². The van der Waals surface area contributed by atoms with Crippen LogP contribution in [-0.2, 0) is 25.7 Å². The topological polar surface area (TPSA) is 151 Å². The van der Waals surface area contributed by atoms with Crippen molar-refractivity contribution in [2.45, 2.75) is 39.4 Å². The van der Waals surface area contributed by atoms with Gasteiger partial charge in [-0.05, 0) is 44.5 Å². The van der Waals surface area contributed by atoms with Gasteiger partial charge >= 0.3 is 12.1 Å². The minimum atomic E-state index is -4.99. The first-order chi connectivity index (χ1) is 18.1. The molecule has 1 amide bonds. The summed E-state index contributed by atoms with van der Waals surface area (Å²) in [6.07, 6.45) is -4.62. The number of nitrogens with one attached hydrogen (secondary N) is 2. The summed E-state index contributed by atoms with van der Waals surface area (Å²) in [6.45, 7) is 4.73. The van der Waals surface area contributed by atoms with Gasteiger partial charge in [0, 0.05) is 14.1 Å². The third kappa shape index (κ3) is 6.02. The molecule has 2 heterocycles. The molecular weight excluding hydrogens is 545 g/mol. The third-order valence-electron chi connectivity index (χ3n) is 5.58. The van der Waals surface area contributed by atoms with Crippen LogP contribution < -0.4 is 10.6 Å². The van der Waals surface area contributed by atoms with E-state index in [2.05, 4.69) is 15.0 Å². The van der Waals surface area contributed by atoms with E-state index in [0.717, 1.165) is 11.0 Å². The third-order valence-corrected chi connectivity index (χ3v) is 6.89. The molecule has 1 aliphatic rings. The van der Waals surface area contributed by atoms with Gasteiger partial charge in [-0.2, -0.15) is 21.6 Å². The molecule has 212 valence electrons. The highest BCUT2D eigenvalue weighted by Crippen LogP contribution is 2.41. The number of carbonyl (C=O) groups is 2. The number of amides is 1. The summed E-state index contributed by atoms with van der Waals surface area (Å²) in [7, 11) is -2.25. The Morgan fingerprint density at radius 2 is 1.85 bits per heavy atom. The van der Waals surface area contributed by atoms with E-state index in [0.29, 0.717) is 24.0 Å². The van der Waals surface area contributed by atoms with Gasteiger partial charge in [0.15, 0.2) is 11.6 Å². The lowest BCUT2D eigenvalue weighted by atomic mass is 10.0. The van der Waals surface area contributed by atoms with Crippen molar-refractivity contribution in [2.24, 2.45) is 4.40 Å². The number of aromatic hydroxyl groups is 1. The summed E-state index contributed by atoms with van der Waals surface area (Å²) >= 11 is 0. The second kappa shape index (κ2) is 11.0. The number of nitrogens with zero attached hydrogens (tertiary/aromatic N) is 2. The van der Waals surface area contributed by atoms with Gasteiger partial charge in [0.2, 0.25) is 4.91 Å². The first kappa shape index (κ1) is 29.5. The van der Waals surface area contributed by atoms with Crippen molar-refractivity contribution in [3.8, 4) is 5.75 Å². The fourth-order valence-electron chi connectivity index (χ4n) is 3.75. The number of aryl methyl sites for hydroxylation is 1. The Hall–Kier alpha value is -4.01. The molecule has 0 radical (unpaired) electrons. The Labute approximate surface area is 222 Å². The number of amidine groups is 1. The molecule has 1 atom stereocenters. The Kier molecular flexibility index (Phi) is 8.33. The van der Waals surface area contributed by atoms with E-state index in [9.17, 15) is 36.3 Å². The number of anilines is 1. The number of ether oxygens (including phenoxy) is 1. The fraction of sp³-hybridized carbons (Fsp3) is 0.375. The molecule has 1 aromatic heterocycles. The van der Waals surface area contributed by atoms with Crippen molar-refractivity contribution in [1.29, 1.82) is 0 Å². The van der Waals surface area contributed by atoms with Crippen LogP contribution in [0.2, 0.25) is 0 Å². The summed E-state index contributed by atoms with van der Waals surface area (Å²) in [5.74, 6) is -2.92. The number of benzene rings is 1. The average Bonchev–Trinajstić information content (AvgIpc) is 3.36. The number of phenols is 1. The van der Waals surface area contributed by atoms with Gasteiger partial charge in [-0.1, -0.05) is 6.92 Å².